The van der Waals surface area contributed by atoms with E-state index >= 15 is 0 Å². The third-order valence-electron chi connectivity index (χ3n) is 4.65. The molecule has 0 aliphatic heterocycles. The molecule has 1 saturated carbocycles. The number of aromatic nitrogens is 3. The number of carbonyl (C=O) groups excluding carboxylic acids is 1. The zero-order valence-electron chi connectivity index (χ0n) is 12.0. The molecule has 0 aromatic carbocycles. The maximum atomic E-state index is 11.8. The summed E-state index contributed by atoms with van der Waals surface area (Å²) in [6.07, 6.45) is 7.58. The molecule has 106 valence electrons. The quantitative estimate of drug-likeness (QED) is 0.766. The van der Waals surface area contributed by atoms with Gasteiger partial charge in [0.1, 0.15) is 12.7 Å². The smallest absolute Gasteiger partial charge is 0.309 e. The van der Waals surface area contributed by atoms with Crippen LogP contribution in [0.5, 0.6) is 0 Å². The monoisotopic (exact) mass is 265 g/mol. The SMILES string of the molecule is COC(=O)[C@H]1CC[C@@H](CCCn2cncn2)C1(C)C. The highest BCUT2D eigenvalue weighted by atomic mass is 16.5. The zero-order chi connectivity index (χ0) is 13.9. The van der Waals surface area contributed by atoms with Crippen LogP contribution in [-0.4, -0.2) is 27.8 Å². The molecule has 2 rings (SSSR count). The molecule has 0 unspecified atom stereocenters. The summed E-state index contributed by atoms with van der Waals surface area (Å²) in [5.41, 5.74) is 0.0372. The minimum atomic E-state index is -0.0521. The molecule has 1 aromatic rings. The van der Waals surface area contributed by atoms with E-state index in [4.69, 9.17) is 4.74 Å². The van der Waals surface area contributed by atoms with Crippen LogP contribution >= 0.6 is 0 Å². The Morgan fingerprint density at radius 1 is 1.47 bits per heavy atom. The van der Waals surface area contributed by atoms with Gasteiger partial charge in [0, 0.05) is 6.54 Å². The topological polar surface area (TPSA) is 57.0 Å². The lowest BCUT2D eigenvalue weighted by molar-refractivity contribution is -0.149. The van der Waals surface area contributed by atoms with Gasteiger partial charge >= 0.3 is 5.97 Å². The number of nitrogens with zero attached hydrogens (tertiary/aromatic N) is 3. The Morgan fingerprint density at radius 3 is 2.89 bits per heavy atom. The Hall–Kier alpha value is -1.39. The summed E-state index contributed by atoms with van der Waals surface area (Å²) < 4.78 is 6.78. The highest BCUT2D eigenvalue weighted by molar-refractivity contribution is 5.73. The molecule has 1 heterocycles. The summed E-state index contributed by atoms with van der Waals surface area (Å²) in [5, 5.41) is 4.10. The average molecular weight is 265 g/mol. The molecule has 2 atom stereocenters. The third-order valence-corrected chi connectivity index (χ3v) is 4.65. The molecule has 0 N–H and O–H groups in total. The van der Waals surface area contributed by atoms with Crippen LogP contribution in [0.4, 0.5) is 0 Å². The fraction of sp³-hybridized carbons (Fsp3) is 0.786. The second-order valence-electron chi connectivity index (χ2n) is 5.97. The van der Waals surface area contributed by atoms with Crippen LogP contribution in [0.2, 0.25) is 0 Å². The first-order valence-electron chi connectivity index (χ1n) is 6.96. The molecule has 0 amide bonds. The molecule has 0 radical (unpaired) electrons. The maximum absolute atomic E-state index is 11.8. The van der Waals surface area contributed by atoms with Gasteiger partial charge < -0.3 is 4.74 Å². The number of aryl methyl sites for hydroxylation is 1. The van der Waals surface area contributed by atoms with E-state index in [2.05, 4.69) is 23.9 Å². The van der Waals surface area contributed by atoms with Crippen molar-refractivity contribution in [2.24, 2.45) is 17.3 Å². The molecule has 5 heteroatoms. The predicted octanol–water partition coefficient (Wildman–Crippen LogP) is 2.28. The van der Waals surface area contributed by atoms with Crippen LogP contribution in [0.15, 0.2) is 12.7 Å². The number of hydrogen-bond acceptors (Lipinski definition) is 4. The van der Waals surface area contributed by atoms with Crippen molar-refractivity contribution in [1.29, 1.82) is 0 Å². The Balaban J connectivity index is 1.86. The van der Waals surface area contributed by atoms with Gasteiger partial charge in [-0.15, -0.1) is 0 Å². The molecule has 1 aromatic heterocycles. The van der Waals surface area contributed by atoms with Gasteiger partial charge in [-0.25, -0.2) is 4.98 Å². The number of esters is 1. The summed E-state index contributed by atoms with van der Waals surface area (Å²) in [5.74, 6) is 0.581. The molecule has 0 saturated heterocycles. The van der Waals surface area contributed by atoms with Crippen LogP contribution < -0.4 is 0 Å². The maximum Gasteiger partial charge on any atom is 0.309 e. The lowest BCUT2D eigenvalue weighted by Gasteiger charge is -2.31. The predicted molar refractivity (Wildman–Crippen MR) is 71.3 cm³/mol. The first-order valence-corrected chi connectivity index (χ1v) is 6.96. The third kappa shape index (κ3) is 2.96. The van der Waals surface area contributed by atoms with E-state index in [0.29, 0.717) is 5.92 Å². The van der Waals surface area contributed by atoms with Crippen molar-refractivity contribution in [3.05, 3.63) is 12.7 Å². The highest BCUT2D eigenvalue weighted by Gasteiger charge is 2.46. The van der Waals surface area contributed by atoms with Gasteiger partial charge in [-0.05, 0) is 37.0 Å². The fourth-order valence-corrected chi connectivity index (χ4v) is 3.32. The summed E-state index contributed by atoms with van der Waals surface area (Å²) in [6, 6.07) is 0. The van der Waals surface area contributed by atoms with Gasteiger partial charge in [0.25, 0.3) is 0 Å². The molecule has 19 heavy (non-hydrogen) atoms. The van der Waals surface area contributed by atoms with E-state index in [1.54, 1.807) is 12.7 Å². The standard InChI is InChI=1S/C14H23N3O2/c1-14(2)11(6-7-12(14)13(18)19-3)5-4-8-17-10-15-9-16-17/h9-12H,4-8H2,1-3H3/t11-,12-/m1/s1. The molecular weight excluding hydrogens is 242 g/mol. The largest absolute Gasteiger partial charge is 0.469 e. The fourth-order valence-electron chi connectivity index (χ4n) is 3.32. The van der Waals surface area contributed by atoms with Crippen LogP contribution in [0.25, 0.3) is 0 Å². The van der Waals surface area contributed by atoms with Crippen LogP contribution in [-0.2, 0) is 16.1 Å². The Kier molecular flexibility index (Phi) is 4.22. The summed E-state index contributed by atoms with van der Waals surface area (Å²) in [7, 11) is 1.48. The number of ether oxygens (including phenoxy) is 1. The highest BCUT2D eigenvalue weighted by Crippen LogP contribution is 2.49. The Morgan fingerprint density at radius 2 is 2.26 bits per heavy atom. The van der Waals surface area contributed by atoms with Crippen molar-refractivity contribution < 1.29 is 9.53 Å². The van der Waals surface area contributed by atoms with Crippen molar-refractivity contribution in [2.75, 3.05) is 7.11 Å². The van der Waals surface area contributed by atoms with Crippen molar-refractivity contribution >= 4 is 5.97 Å². The normalized spacial score (nSPS) is 25.4. The molecule has 1 fully saturated rings. The Bertz CT molecular complexity index is 414. The lowest BCUT2D eigenvalue weighted by atomic mass is 9.74. The first-order chi connectivity index (χ1) is 9.05. The minimum absolute atomic E-state index is 0.0372. The van der Waals surface area contributed by atoms with Gasteiger partial charge in [-0.1, -0.05) is 13.8 Å². The minimum Gasteiger partial charge on any atom is -0.469 e. The molecule has 1 aliphatic carbocycles. The number of carbonyl (C=O) groups is 1. The number of rotatable bonds is 5. The van der Waals surface area contributed by atoms with Crippen molar-refractivity contribution in [3.8, 4) is 0 Å². The van der Waals surface area contributed by atoms with E-state index in [1.807, 2.05) is 4.68 Å². The van der Waals surface area contributed by atoms with Gasteiger partial charge in [0.2, 0.25) is 0 Å². The molecule has 0 spiro atoms. The zero-order valence-corrected chi connectivity index (χ0v) is 12.0. The van der Waals surface area contributed by atoms with Crippen LogP contribution in [0.1, 0.15) is 39.5 Å². The average Bonchev–Trinajstić information content (AvgIpc) is 2.97. The second-order valence-corrected chi connectivity index (χ2v) is 5.97. The lowest BCUT2D eigenvalue weighted by Crippen LogP contribution is -2.31. The van der Waals surface area contributed by atoms with Gasteiger partial charge in [-0.3, -0.25) is 9.48 Å². The van der Waals surface area contributed by atoms with Gasteiger partial charge in [0.15, 0.2) is 0 Å². The van der Waals surface area contributed by atoms with E-state index < -0.39 is 0 Å². The van der Waals surface area contributed by atoms with Crippen LogP contribution in [0.3, 0.4) is 0 Å². The van der Waals surface area contributed by atoms with E-state index in [1.165, 1.54) is 7.11 Å². The molecule has 1 aliphatic rings. The van der Waals surface area contributed by atoms with E-state index in [0.717, 1.165) is 32.2 Å². The summed E-state index contributed by atoms with van der Waals surface area (Å²) >= 11 is 0. The van der Waals surface area contributed by atoms with E-state index in [-0.39, 0.29) is 17.3 Å². The van der Waals surface area contributed by atoms with E-state index in [9.17, 15) is 4.79 Å². The van der Waals surface area contributed by atoms with Gasteiger partial charge in [-0.2, -0.15) is 5.10 Å². The second kappa shape index (κ2) is 5.72. The van der Waals surface area contributed by atoms with Gasteiger partial charge in [0.05, 0.1) is 13.0 Å². The number of methoxy groups -OCH3 is 1. The molecule has 0 bridgehead atoms. The summed E-state index contributed by atoms with van der Waals surface area (Å²) in [6.45, 7) is 5.29. The summed E-state index contributed by atoms with van der Waals surface area (Å²) in [4.78, 5) is 15.7. The van der Waals surface area contributed by atoms with Crippen molar-refractivity contribution in [1.82, 2.24) is 14.8 Å². The molecule has 5 nitrogen and oxygen atoms in total. The van der Waals surface area contributed by atoms with Crippen molar-refractivity contribution in [3.63, 3.8) is 0 Å². The first kappa shape index (κ1) is 14.0. The van der Waals surface area contributed by atoms with Crippen LogP contribution in [0, 0.1) is 17.3 Å². The molecular formula is C14H23N3O2. The Labute approximate surface area is 114 Å². The number of hydrogen-bond donors (Lipinski definition) is 0. The van der Waals surface area contributed by atoms with Crippen molar-refractivity contribution in [2.45, 2.75) is 46.1 Å².